The maximum Gasteiger partial charge on any atom is -0.00137 e. The Morgan fingerprint density at radius 1 is 0.281 bits per heavy atom. The average molecular weight is 405 g/mol. The molecule has 0 bridgehead atoms. The predicted octanol–water partition coefficient (Wildman–Crippen LogP) is 8.47. The molecule has 0 saturated heterocycles. The maximum absolute atomic E-state index is 2.29. The van der Waals surface area contributed by atoms with Crippen LogP contribution in [0.1, 0.15) is 22.3 Å². The molecule has 0 aliphatic heterocycles. The van der Waals surface area contributed by atoms with E-state index in [9.17, 15) is 0 Å². The Balaban J connectivity index is 1.69. The molecule has 0 nitrogen and oxygen atoms in total. The SMILES string of the molecule is c1ccc2c(C3=C(c4cccc5ccccc45)c4cccc5cccc3c45)cccc2c1. The molecule has 1 aliphatic carbocycles. The molecule has 0 unspecified atom stereocenters. The summed E-state index contributed by atoms with van der Waals surface area (Å²) in [5.74, 6) is 0. The highest BCUT2D eigenvalue weighted by molar-refractivity contribution is 6.24. The van der Waals surface area contributed by atoms with Crippen LogP contribution in [0.3, 0.4) is 0 Å². The summed E-state index contributed by atoms with van der Waals surface area (Å²) >= 11 is 0. The summed E-state index contributed by atoms with van der Waals surface area (Å²) in [6.45, 7) is 0. The normalized spacial score (nSPS) is 12.9. The van der Waals surface area contributed by atoms with Crippen LogP contribution >= 0.6 is 0 Å². The van der Waals surface area contributed by atoms with Crippen LogP contribution in [0.5, 0.6) is 0 Å². The van der Waals surface area contributed by atoms with Crippen LogP contribution in [0.25, 0.3) is 43.5 Å². The van der Waals surface area contributed by atoms with E-state index >= 15 is 0 Å². The van der Waals surface area contributed by atoms with Gasteiger partial charge in [0.15, 0.2) is 0 Å². The van der Waals surface area contributed by atoms with E-state index < -0.39 is 0 Å². The van der Waals surface area contributed by atoms with Crippen LogP contribution in [0.4, 0.5) is 0 Å². The van der Waals surface area contributed by atoms with Crippen molar-refractivity contribution >= 4 is 43.5 Å². The van der Waals surface area contributed by atoms with E-state index in [0.717, 1.165) is 0 Å². The van der Waals surface area contributed by atoms with Gasteiger partial charge < -0.3 is 0 Å². The van der Waals surface area contributed by atoms with Crippen LogP contribution in [0, 0.1) is 0 Å². The minimum absolute atomic E-state index is 1.28. The van der Waals surface area contributed by atoms with Crippen LogP contribution < -0.4 is 0 Å². The van der Waals surface area contributed by atoms with E-state index in [4.69, 9.17) is 0 Å². The lowest BCUT2D eigenvalue weighted by Crippen LogP contribution is -1.93. The molecular formula is C32H20. The lowest BCUT2D eigenvalue weighted by Gasteiger charge is -2.15. The number of fused-ring (bicyclic) bond motifs is 2. The molecular weight excluding hydrogens is 384 g/mol. The topological polar surface area (TPSA) is 0 Å². The van der Waals surface area contributed by atoms with Crippen LogP contribution in [0.15, 0.2) is 121 Å². The average Bonchev–Trinajstić information content (AvgIpc) is 3.19. The molecule has 0 spiro atoms. The van der Waals surface area contributed by atoms with Gasteiger partial charge in [-0.25, -0.2) is 0 Å². The summed E-state index contributed by atoms with van der Waals surface area (Å²) in [6.07, 6.45) is 0. The Kier molecular flexibility index (Phi) is 3.65. The molecule has 0 heterocycles. The van der Waals surface area contributed by atoms with Crippen LogP contribution in [0.2, 0.25) is 0 Å². The van der Waals surface area contributed by atoms with Crippen molar-refractivity contribution in [3.63, 3.8) is 0 Å². The van der Waals surface area contributed by atoms with Gasteiger partial charge in [-0.3, -0.25) is 0 Å². The van der Waals surface area contributed by atoms with Gasteiger partial charge in [-0.2, -0.15) is 0 Å². The first-order valence-electron chi connectivity index (χ1n) is 11.1. The highest BCUT2D eigenvalue weighted by Crippen LogP contribution is 2.50. The molecule has 0 amide bonds. The number of hydrogen-bond acceptors (Lipinski definition) is 0. The molecule has 7 rings (SSSR count). The van der Waals surface area contributed by atoms with E-state index in [1.54, 1.807) is 0 Å². The molecule has 0 N–H and O–H groups in total. The van der Waals surface area contributed by atoms with Gasteiger partial charge >= 0.3 is 0 Å². The van der Waals surface area contributed by atoms with E-state index in [0.29, 0.717) is 0 Å². The Morgan fingerprint density at radius 3 is 1.16 bits per heavy atom. The van der Waals surface area contributed by atoms with Gasteiger partial charge in [0, 0.05) is 0 Å². The fourth-order valence-electron chi connectivity index (χ4n) is 5.47. The van der Waals surface area contributed by atoms with E-state index in [2.05, 4.69) is 121 Å². The Bertz CT molecular complexity index is 1580. The first kappa shape index (κ1) is 17.5. The minimum Gasteiger partial charge on any atom is -0.0616 e. The molecule has 0 aromatic heterocycles. The van der Waals surface area contributed by atoms with Crippen LogP contribution in [-0.4, -0.2) is 0 Å². The predicted molar refractivity (Wildman–Crippen MR) is 137 cm³/mol. The number of benzene rings is 6. The van der Waals surface area contributed by atoms with Gasteiger partial charge in [-0.05, 0) is 65.7 Å². The third-order valence-electron chi connectivity index (χ3n) is 6.81. The summed E-state index contributed by atoms with van der Waals surface area (Å²) in [5.41, 5.74) is 7.94. The maximum atomic E-state index is 2.29. The quantitative estimate of drug-likeness (QED) is 0.271. The van der Waals surface area contributed by atoms with Crippen molar-refractivity contribution in [3.05, 3.63) is 144 Å². The smallest absolute Gasteiger partial charge is 0.00137 e. The van der Waals surface area contributed by atoms with Crippen molar-refractivity contribution in [2.45, 2.75) is 0 Å². The third kappa shape index (κ3) is 2.38. The van der Waals surface area contributed by atoms with Crippen molar-refractivity contribution in [2.24, 2.45) is 0 Å². The number of hydrogen-bond donors (Lipinski definition) is 0. The first-order chi connectivity index (χ1) is 15.9. The second kappa shape index (κ2) is 6.67. The Labute approximate surface area is 187 Å². The fourth-order valence-corrected chi connectivity index (χ4v) is 5.47. The van der Waals surface area contributed by atoms with Crippen molar-refractivity contribution in [3.8, 4) is 0 Å². The van der Waals surface area contributed by atoms with Gasteiger partial charge in [0.05, 0.1) is 0 Å². The van der Waals surface area contributed by atoms with Gasteiger partial charge in [0.25, 0.3) is 0 Å². The molecule has 148 valence electrons. The van der Waals surface area contributed by atoms with Crippen molar-refractivity contribution in [1.29, 1.82) is 0 Å². The monoisotopic (exact) mass is 404 g/mol. The summed E-state index contributed by atoms with van der Waals surface area (Å²) in [5, 5.41) is 7.81. The van der Waals surface area contributed by atoms with Gasteiger partial charge in [-0.1, -0.05) is 121 Å². The zero-order valence-corrected chi connectivity index (χ0v) is 17.5. The molecule has 0 atom stereocenters. The molecule has 0 fully saturated rings. The zero-order chi connectivity index (χ0) is 21.1. The van der Waals surface area contributed by atoms with Gasteiger partial charge in [-0.15, -0.1) is 0 Å². The van der Waals surface area contributed by atoms with Gasteiger partial charge in [0.1, 0.15) is 0 Å². The largest absolute Gasteiger partial charge is 0.0616 e. The third-order valence-corrected chi connectivity index (χ3v) is 6.81. The second-order valence-corrected chi connectivity index (χ2v) is 8.51. The fraction of sp³-hybridized carbons (Fsp3) is 0. The molecule has 0 saturated carbocycles. The van der Waals surface area contributed by atoms with Gasteiger partial charge in [0.2, 0.25) is 0 Å². The summed E-state index contributed by atoms with van der Waals surface area (Å²) in [4.78, 5) is 0. The Hall–Kier alpha value is -4.16. The lowest BCUT2D eigenvalue weighted by molar-refractivity contribution is 1.63. The van der Waals surface area contributed by atoms with Crippen molar-refractivity contribution in [1.82, 2.24) is 0 Å². The van der Waals surface area contributed by atoms with E-state index in [1.807, 2.05) is 0 Å². The Morgan fingerprint density at radius 2 is 0.656 bits per heavy atom. The highest BCUT2D eigenvalue weighted by Gasteiger charge is 2.27. The first-order valence-corrected chi connectivity index (χ1v) is 11.1. The van der Waals surface area contributed by atoms with Crippen molar-refractivity contribution < 1.29 is 0 Å². The van der Waals surface area contributed by atoms with Crippen LogP contribution in [-0.2, 0) is 0 Å². The standard InChI is InChI=1S/C32H20/c1-3-15-24-21(9-1)11-5-17-26(24)31-28-19-7-13-23-14-8-20-29(30(23)28)32(31)27-18-6-12-22-10-2-4-16-25(22)27/h1-20H. The summed E-state index contributed by atoms with van der Waals surface area (Å²) in [6, 6.07) is 44.3. The molecule has 0 heteroatoms. The second-order valence-electron chi connectivity index (χ2n) is 8.51. The molecule has 0 radical (unpaired) electrons. The molecule has 6 aromatic carbocycles. The highest BCUT2D eigenvalue weighted by atomic mass is 14.3. The molecule has 32 heavy (non-hydrogen) atoms. The lowest BCUT2D eigenvalue weighted by atomic mass is 9.88. The van der Waals surface area contributed by atoms with E-state index in [1.165, 1.54) is 65.7 Å². The van der Waals surface area contributed by atoms with Crippen molar-refractivity contribution in [2.75, 3.05) is 0 Å². The number of rotatable bonds is 2. The molecule has 1 aliphatic rings. The molecule has 6 aromatic rings. The van der Waals surface area contributed by atoms with E-state index in [-0.39, 0.29) is 0 Å². The minimum atomic E-state index is 1.28. The zero-order valence-electron chi connectivity index (χ0n) is 17.5. The summed E-state index contributed by atoms with van der Waals surface area (Å²) < 4.78 is 0. The summed E-state index contributed by atoms with van der Waals surface area (Å²) in [7, 11) is 0.